The molecule has 2 aromatic rings. The normalized spacial score (nSPS) is 17.9. The molecular formula is C12H12N4O2. The summed E-state index contributed by atoms with van der Waals surface area (Å²) in [5.74, 6) is 0.500. The van der Waals surface area contributed by atoms with E-state index in [0.29, 0.717) is 18.2 Å². The predicted octanol–water partition coefficient (Wildman–Crippen LogP) is 0.0917. The summed E-state index contributed by atoms with van der Waals surface area (Å²) in [6, 6.07) is 5.07. The summed E-state index contributed by atoms with van der Waals surface area (Å²) < 4.78 is 1.44. The van der Waals surface area contributed by atoms with Crippen LogP contribution in [-0.2, 0) is 6.54 Å². The fourth-order valence-corrected chi connectivity index (χ4v) is 1.97. The molecule has 1 aliphatic heterocycles. The zero-order chi connectivity index (χ0) is 12.5. The van der Waals surface area contributed by atoms with Crippen LogP contribution in [0.15, 0.2) is 35.4 Å². The van der Waals surface area contributed by atoms with Crippen molar-refractivity contribution < 1.29 is 5.11 Å². The number of anilines is 1. The number of aliphatic hydroxyl groups excluding tert-OH is 1. The molecule has 1 unspecified atom stereocenters. The van der Waals surface area contributed by atoms with Crippen LogP contribution in [0.2, 0.25) is 0 Å². The minimum Gasteiger partial charge on any atom is -0.389 e. The summed E-state index contributed by atoms with van der Waals surface area (Å²) in [5, 5.41) is 12.5. The molecule has 0 radical (unpaired) electrons. The predicted molar refractivity (Wildman–Crippen MR) is 66.2 cm³/mol. The molecule has 0 fully saturated rings. The fourth-order valence-electron chi connectivity index (χ4n) is 1.97. The third kappa shape index (κ3) is 1.86. The van der Waals surface area contributed by atoms with Crippen LogP contribution in [0.3, 0.4) is 0 Å². The van der Waals surface area contributed by atoms with Crippen molar-refractivity contribution in [2.75, 3.05) is 11.9 Å². The second-order valence-corrected chi connectivity index (χ2v) is 4.18. The number of nitrogens with one attached hydrogen (secondary N) is 1. The SMILES string of the molecule is O=c1cc(-c2ccncc2)nc2n1CC(O)CN2. The van der Waals surface area contributed by atoms with Gasteiger partial charge < -0.3 is 10.4 Å². The number of hydrogen-bond donors (Lipinski definition) is 2. The molecule has 6 nitrogen and oxygen atoms in total. The minimum absolute atomic E-state index is 0.168. The van der Waals surface area contributed by atoms with Crippen molar-refractivity contribution in [1.82, 2.24) is 14.5 Å². The quantitative estimate of drug-likeness (QED) is 0.743. The summed E-state index contributed by atoms with van der Waals surface area (Å²) in [7, 11) is 0. The van der Waals surface area contributed by atoms with Crippen molar-refractivity contribution in [1.29, 1.82) is 0 Å². The molecule has 0 aliphatic carbocycles. The molecule has 18 heavy (non-hydrogen) atoms. The van der Waals surface area contributed by atoms with Gasteiger partial charge in [-0.25, -0.2) is 4.98 Å². The first-order valence-corrected chi connectivity index (χ1v) is 5.68. The highest BCUT2D eigenvalue weighted by atomic mass is 16.3. The van der Waals surface area contributed by atoms with Gasteiger partial charge in [-0.1, -0.05) is 0 Å². The van der Waals surface area contributed by atoms with Gasteiger partial charge >= 0.3 is 0 Å². The summed E-state index contributed by atoms with van der Waals surface area (Å²) in [5.41, 5.74) is 1.29. The van der Waals surface area contributed by atoms with Gasteiger partial charge in [-0.15, -0.1) is 0 Å². The van der Waals surface area contributed by atoms with Crippen molar-refractivity contribution in [2.24, 2.45) is 0 Å². The van der Waals surface area contributed by atoms with Crippen LogP contribution >= 0.6 is 0 Å². The first-order chi connectivity index (χ1) is 8.74. The lowest BCUT2D eigenvalue weighted by Crippen LogP contribution is -2.38. The number of aromatic nitrogens is 3. The van der Waals surface area contributed by atoms with E-state index in [1.807, 2.05) is 0 Å². The summed E-state index contributed by atoms with van der Waals surface area (Å²) in [6.07, 6.45) is 2.76. The van der Waals surface area contributed by atoms with Gasteiger partial charge in [-0.2, -0.15) is 0 Å². The summed E-state index contributed by atoms with van der Waals surface area (Å²) in [6.45, 7) is 0.691. The second-order valence-electron chi connectivity index (χ2n) is 4.18. The zero-order valence-electron chi connectivity index (χ0n) is 9.58. The van der Waals surface area contributed by atoms with Gasteiger partial charge in [0, 0.05) is 30.6 Å². The molecule has 1 aliphatic rings. The molecule has 0 bridgehead atoms. The maximum Gasteiger partial charge on any atom is 0.255 e. The standard InChI is InChI=1S/C12H12N4O2/c17-9-6-14-12-15-10(5-11(18)16(12)7-9)8-1-3-13-4-2-8/h1-5,9,17H,6-7H2,(H,14,15). The van der Waals surface area contributed by atoms with Crippen LogP contribution in [-0.4, -0.2) is 32.3 Å². The Morgan fingerprint density at radius 1 is 1.39 bits per heavy atom. The van der Waals surface area contributed by atoms with Gasteiger partial charge in [0.2, 0.25) is 5.95 Å². The van der Waals surface area contributed by atoms with Gasteiger partial charge in [0.15, 0.2) is 0 Å². The second kappa shape index (κ2) is 4.23. The molecule has 0 saturated carbocycles. The van der Waals surface area contributed by atoms with Gasteiger partial charge in [-0.05, 0) is 12.1 Å². The molecule has 2 N–H and O–H groups in total. The Labute approximate surface area is 103 Å². The Balaban J connectivity index is 2.10. The molecule has 3 rings (SSSR count). The number of aliphatic hydroxyl groups is 1. The number of fused-ring (bicyclic) bond motifs is 1. The first kappa shape index (κ1) is 10.9. The van der Waals surface area contributed by atoms with E-state index in [2.05, 4.69) is 15.3 Å². The van der Waals surface area contributed by atoms with E-state index in [9.17, 15) is 9.90 Å². The highest BCUT2D eigenvalue weighted by Crippen LogP contribution is 2.17. The molecule has 1 atom stereocenters. The highest BCUT2D eigenvalue weighted by Gasteiger charge is 2.18. The van der Waals surface area contributed by atoms with Crippen LogP contribution < -0.4 is 10.9 Å². The molecular weight excluding hydrogens is 232 g/mol. The minimum atomic E-state index is -0.552. The van der Waals surface area contributed by atoms with Crippen molar-refractivity contribution in [3.8, 4) is 11.3 Å². The number of rotatable bonds is 1. The largest absolute Gasteiger partial charge is 0.389 e. The van der Waals surface area contributed by atoms with E-state index < -0.39 is 6.10 Å². The van der Waals surface area contributed by atoms with Crippen molar-refractivity contribution in [2.45, 2.75) is 12.6 Å². The Morgan fingerprint density at radius 2 is 2.17 bits per heavy atom. The van der Waals surface area contributed by atoms with Crippen LogP contribution in [0.4, 0.5) is 5.95 Å². The molecule has 2 aromatic heterocycles. The van der Waals surface area contributed by atoms with E-state index in [-0.39, 0.29) is 12.1 Å². The van der Waals surface area contributed by atoms with Gasteiger partial charge in [0.25, 0.3) is 5.56 Å². The Bertz CT molecular complexity index is 624. The molecule has 0 aromatic carbocycles. The monoisotopic (exact) mass is 244 g/mol. The smallest absolute Gasteiger partial charge is 0.255 e. The van der Waals surface area contributed by atoms with Crippen molar-refractivity contribution >= 4 is 5.95 Å². The third-order valence-electron chi connectivity index (χ3n) is 2.87. The number of hydrogen-bond acceptors (Lipinski definition) is 5. The fraction of sp³-hybridized carbons (Fsp3) is 0.250. The Kier molecular flexibility index (Phi) is 2.56. The van der Waals surface area contributed by atoms with Gasteiger partial charge in [0.1, 0.15) is 0 Å². The van der Waals surface area contributed by atoms with Crippen molar-refractivity contribution in [3.63, 3.8) is 0 Å². The van der Waals surface area contributed by atoms with E-state index in [0.717, 1.165) is 5.56 Å². The molecule has 0 spiro atoms. The zero-order valence-corrected chi connectivity index (χ0v) is 9.58. The molecule has 0 saturated heterocycles. The average molecular weight is 244 g/mol. The van der Waals surface area contributed by atoms with E-state index in [1.54, 1.807) is 24.5 Å². The Morgan fingerprint density at radius 3 is 2.94 bits per heavy atom. The molecule has 0 amide bonds. The summed E-state index contributed by atoms with van der Waals surface area (Å²) >= 11 is 0. The van der Waals surface area contributed by atoms with Crippen LogP contribution in [0.5, 0.6) is 0 Å². The maximum atomic E-state index is 12.0. The topological polar surface area (TPSA) is 80.0 Å². The third-order valence-corrected chi connectivity index (χ3v) is 2.87. The molecule has 6 heteroatoms. The number of β-amino-alcohol motifs (C(OH)–C–C–N with tert-alkyl or cyclic N) is 1. The Hall–Kier alpha value is -2.21. The van der Waals surface area contributed by atoms with Crippen molar-refractivity contribution in [3.05, 3.63) is 40.9 Å². The highest BCUT2D eigenvalue weighted by molar-refractivity contribution is 5.59. The van der Waals surface area contributed by atoms with Crippen LogP contribution in [0, 0.1) is 0 Å². The van der Waals surface area contributed by atoms with Crippen LogP contribution in [0.1, 0.15) is 0 Å². The van der Waals surface area contributed by atoms with E-state index >= 15 is 0 Å². The number of nitrogens with zero attached hydrogens (tertiary/aromatic N) is 3. The van der Waals surface area contributed by atoms with Gasteiger partial charge in [-0.3, -0.25) is 14.3 Å². The lowest BCUT2D eigenvalue weighted by Gasteiger charge is -2.23. The first-order valence-electron chi connectivity index (χ1n) is 5.68. The van der Waals surface area contributed by atoms with E-state index in [1.165, 1.54) is 10.6 Å². The van der Waals surface area contributed by atoms with Crippen LogP contribution in [0.25, 0.3) is 11.3 Å². The molecule has 92 valence electrons. The van der Waals surface area contributed by atoms with E-state index in [4.69, 9.17) is 0 Å². The lowest BCUT2D eigenvalue weighted by molar-refractivity contribution is 0.157. The van der Waals surface area contributed by atoms with Gasteiger partial charge in [0.05, 0.1) is 18.3 Å². The lowest BCUT2D eigenvalue weighted by atomic mass is 10.2. The number of pyridine rings is 1. The maximum absolute atomic E-state index is 12.0. The summed E-state index contributed by atoms with van der Waals surface area (Å²) in [4.78, 5) is 20.3. The molecule has 3 heterocycles. The average Bonchev–Trinajstić information content (AvgIpc) is 2.40.